The summed E-state index contributed by atoms with van der Waals surface area (Å²) in [6.45, 7) is 5.82. The number of unbranched alkanes of at least 4 members (excludes halogenated alkanes) is 1. The average molecular weight is 337 g/mol. The van der Waals surface area contributed by atoms with Gasteiger partial charge in [-0.25, -0.2) is 0 Å². The van der Waals surface area contributed by atoms with E-state index in [4.69, 9.17) is 9.47 Å². The molecule has 3 heteroatoms. The minimum absolute atomic E-state index is 0.781. The molecule has 1 heterocycles. The van der Waals surface area contributed by atoms with Gasteiger partial charge in [-0.05, 0) is 42.6 Å². The summed E-state index contributed by atoms with van der Waals surface area (Å²) >= 11 is 0. The Kier molecular flexibility index (Phi) is 7.10. The van der Waals surface area contributed by atoms with Gasteiger partial charge in [-0.2, -0.15) is 0 Å². The van der Waals surface area contributed by atoms with Crippen molar-refractivity contribution in [3.05, 3.63) is 65.7 Å². The van der Waals surface area contributed by atoms with Crippen LogP contribution in [0.3, 0.4) is 0 Å². The smallest absolute Gasteiger partial charge is 0.119 e. The number of morpholine rings is 1. The highest BCUT2D eigenvalue weighted by molar-refractivity contribution is 5.69. The minimum atomic E-state index is 0.781. The van der Waals surface area contributed by atoms with Crippen LogP contribution in [-0.2, 0) is 4.74 Å². The Morgan fingerprint density at radius 3 is 2.24 bits per heavy atom. The number of rotatable bonds is 8. The van der Waals surface area contributed by atoms with Crippen LogP contribution in [-0.4, -0.2) is 44.4 Å². The lowest BCUT2D eigenvalue weighted by Gasteiger charge is -2.26. The molecule has 0 radical (unpaired) electrons. The molecular formula is C22H27NO2. The third kappa shape index (κ3) is 6.37. The minimum Gasteiger partial charge on any atom is -0.494 e. The van der Waals surface area contributed by atoms with Crippen LogP contribution in [0.4, 0.5) is 0 Å². The van der Waals surface area contributed by atoms with Gasteiger partial charge in [0, 0.05) is 13.1 Å². The van der Waals surface area contributed by atoms with Crippen LogP contribution in [0.25, 0.3) is 12.2 Å². The van der Waals surface area contributed by atoms with Crippen LogP contribution in [0.2, 0.25) is 0 Å². The third-order valence-electron chi connectivity index (χ3n) is 4.39. The molecule has 0 spiro atoms. The number of hydrogen-bond donors (Lipinski definition) is 0. The SMILES string of the molecule is C(=C\c1ccc(OCCCCN2CCOCC2)cc1)/c1ccccc1. The van der Waals surface area contributed by atoms with Gasteiger partial charge in [-0.1, -0.05) is 54.6 Å². The van der Waals surface area contributed by atoms with Crippen LogP contribution in [0.5, 0.6) is 5.75 Å². The van der Waals surface area contributed by atoms with Crippen LogP contribution in [0.15, 0.2) is 54.6 Å². The van der Waals surface area contributed by atoms with E-state index in [9.17, 15) is 0 Å². The van der Waals surface area contributed by atoms with Gasteiger partial charge in [0.1, 0.15) is 5.75 Å². The summed E-state index contributed by atoms with van der Waals surface area (Å²) in [6.07, 6.45) is 6.52. The molecule has 3 rings (SSSR count). The Labute approximate surface area is 150 Å². The molecule has 0 unspecified atom stereocenters. The van der Waals surface area contributed by atoms with E-state index in [1.807, 2.05) is 18.2 Å². The monoisotopic (exact) mass is 337 g/mol. The first-order valence-corrected chi connectivity index (χ1v) is 9.16. The highest BCUT2D eigenvalue weighted by Gasteiger charge is 2.08. The van der Waals surface area contributed by atoms with E-state index in [0.29, 0.717) is 0 Å². The summed E-state index contributed by atoms with van der Waals surface area (Å²) in [5.41, 5.74) is 2.40. The molecule has 25 heavy (non-hydrogen) atoms. The first-order chi connectivity index (χ1) is 12.4. The lowest BCUT2D eigenvalue weighted by molar-refractivity contribution is 0.0368. The van der Waals surface area contributed by atoms with Gasteiger partial charge in [0.25, 0.3) is 0 Å². The van der Waals surface area contributed by atoms with Crippen molar-refractivity contribution < 1.29 is 9.47 Å². The lowest BCUT2D eigenvalue weighted by atomic mass is 10.1. The maximum atomic E-state index is 5.85. The van der Waals surface area contributed by atoms with Crippen molar-refractivity contribution in [2.24, 2.45) is 0 Å². The Bertz CT molecular complexity index is 631. The quantitative estimate of drug-likeness (QED) is 0.528. The van der Waals surface area contributed by atoms with Crippen LogP contribution < -0.4 is 4.74 Å². The first-order valence-electron chi connectivity index (χ1n) is 9.16. The Morgan fingerprint density at radius 2 is 1.52 bits per heavy atom. The van der Waals surface area contributed by atoms with E-state index in [1.165, 1.54) is 17.5 Å². The lowest BCUT2D eigenvalue weighted by Crippen LogP contribution is -2.36. The standard InChI is InChI=1S/C22H27NO2/c1-2-6-20(7-3-1)8-9-21-10-12-22(13-11-21)25-17-5-4-14-23-15-18-24-19-16-23/h1-3,6-13H,4-5,14-19H2/b9-8+. The molecule has 0 N–H and O–H groups in total. The van der Waals surface area contributed by atoms with Crippen molar-refractivity contribution in [1.82, 2.24) is 4.90 Å². The Morgan fingerprint density at radius 1 is 0.840 bits per heavy atom. The molecule has 1 aliphatic rings. The Balaban J connectivity index is 1.35. The second-order valence-electron chi connectivity index (χ2n) is 6.32. The molecule has 2 aromatic rings. The normalized spacial score (nSPS) is 15.5. The molecule has 0 atom stereocenters. The molecule has 1 saturated heterocycles. The van der Waals surface area contributed by atoms with E-state index in [0.717, 1.165) is 51.6 Å². The summed E-state index contributed by atoms with van der Waals surface area (Å²) in [4.78, 5) is 2.47. The second kappa shape index (κ2) is 10.0. The fraction of sp³-hybridized carbons (Fsp3) is 0.364. The van der Waals surface area contributed by atoms with Crippen molar-refractivity contribution in [3.63, 3.8) is 0 Å². The largest absolute Gasteiger partial charge is 0.494 e. The fourth-order valence-electron chi connectivity index (χ4n) is 2.88. The number of hydrogen-bond acceptors (Lipinski definition) is 3. The van der Waals surface area contributed by atoms with Crippen molar-refractivity contribution in [1.29, 1.82) is 0 Å². The molecule has 132 valence electrons. The van der Waals surface area contributed by atoms with E-state index < -0.39 is 0 Å². The fourth-order valence-corrected chi connectivity index (χ4v) is 2.88. The maximum absolute atomic E-state index is 5.85. The molecule has 0 bridgehead atoms. The molecule has 0 amide bonds. The van der Waals surface area contributed by atoms with E-state index >= 15 is 0 Å². The van der Waals surface area contributed by atoms with Crippen molar-refractivity contribution in [3.8, 4) is 5.75 Å². The molecule has 2 aromatic carbocycles. The van der Waals surface area contributed by atoms with E-state index in [-0.39, 0.29) is 0 Å². The van der Waals surface area contributed by atoms with E-state index in [2.05, 4.69) is 53.5 Å². The second-order valence-corrected chi connectivity index (χ2v) is 6.32. The summed E-state index contributed by atoms with van der Waals surface area (Å²) < 4.78 is 11.2. The molecular weight excluding hydrogens is 310 g/mol. The topological polar surface area (TPSA) is 21.7 Å². The zero-order valence-electron chi connectivity index (χ0n) is 14.8. The summed E-state index contributed by atoms with van der Waals surface area (Å²) in [6, 6.07) is 18.6. The molecule has 0 aliphatic carbocycles. The predicted octanol–water partition coefficient (Wildman–Crippen LogP) is 4.35. The summed E-state index contributed by atoms with van der Waals surface area (Å²) in [5.74, 6) is 0.947. The zero-order valence-corrected chi connectivity index (χ0v) is 14.8. The molecule has 3 nitrogen and oxygen atoms in total. The highest BCUT2D eigenvalue weighted by Crippen LogP contribution is 2.15. The number of benzene rings is 2. The maximum Gasteiger partial charge on any atom is 0.119 e. The number of nitrogens with zero attached hydrogens (tertiary/aromatic N) is 1. The predicted molar refractivity (Wildman–Crippen MR) is 104 cm³/mol. The highest BCUT2D eigenvalue weighted by atomic mass is 16.5. The third-order valence-corrected chi connectivity index (χ3v) is 4.39. The zero-order chi connectivity index (χ0) is 17.2. The first kappa shape index (κ1) is 17.7. The van der Waals surface area contributed by atoms with Gasteiger partial charge in [-0.3, -0.25) is 4.90 Å². The van der Waals surface area contributed by atoms with Crippen molar-refractivity contribution in [2.45, 2.75) is 12.8 Å². The van der Waals surface area contributed by atoms with Gasteiger partial charge in [0.15, 0.2) is 0 Å². The van der Waals surface area contributed by atoms with Gasteiger partial charge in [0.2, 0.25) is 0 Å². The van der Waals surface area contributed by atoms with Gasteiger partial charge >= 0.3 is 0 Å². The van der Waals surface area contributed by atoms with Gasteiger partial charge in [0.05, 0.1) is 19.8 Å². The Hall–Kier alpha value is -2.10. The van der Waals surface area contributed by atoms with Gasteiger partial charge in [-0.15, -0.1) is 0 Å². The van der Waals surface area contributed by atoms with Crippen LogP contribution >= 0.6 is 0 Å². The summed E-state index contributed by atoms with van der Waals surface area (Å²) in [5, 5.41) is 0. The molecule has 1 aliphatic heterocycles. The number of ether oxygens (including phenoxy) is 2. The molecule has 0 aromatic heterocycles. The van der Waals surface area contributed by atoms with Crippen molar-refractivity contribution in [2.75, 3.05) is 39.5 Å². The van der Waals surface area contributed by atoms with E-state index in [1.54, 1.807) is 0 Å². The molecule has 1 fully saturated rings. The molecule has 0 saturated carbocycles. The van der Waals surface area contributed by atoms with Crippen molar-refractivity contribution >= 4 is 12.2 Å². The van der Waals surface area contributed by atoms with Crippen LogP contribution in [0.1, 0.15) is 24.0 Å². The van der Waals surface area contributed by atoms with Gasteiger partial charge < -0.3 is 9.47 Å². The van der Waals surface area contributed by atoms with Crippen LogP contribution in [0, 0.1) is 0 Å². The summed E-state index contributed by atoms with van der Waals surface area (Å²) in [7, 11) is 0. The average Bonchev–Trinajstić information content (AvgIpc) is 2.69.